The molecule has 0 aromatic heterocycles. The zero-order valence-electron chi connectivity index (χ0n) is 14.7. The minimum absolute atomic E-state index is 0.327. The van der Waals surface area contributed by atoms with Crippen LogP contribution in [0.5, 0.6) is 0 Å². The van der Waals surface area contributed by atoms with E-state index in [1.165, 1.54) is 6.08 Å². The van der Waals surface area contributed by atoms with Crippen LogP contribution in [0.2, 0.25) is 0 Å². The molecular weight excluding hydrogens is 300 g/mol. The number of nitrogens with zero attached hydrogens (tertiary/aromatic N) is 1. The first-order valence-electron chi connectivity index (χ1n) is 7.99. The van der Waals surface area contributed by atoms with Crippen molar-refractivity contribution in [3.8, 4) is 0 Å². The average Bonchev–Trinajstić information content (AvgIpc) is 2.46. The number of nitrogens with one attached hydrogen (secondary N) is 1. The quantitative estimate of drug-likeness (QED) is 0.682. The highest BCUT2D eigenvalue weighted by molar-refractivity contribution is 5.89. The van der Waals surface area contributed by atoms with Gasteiger partial charge in [-0.25, -0.2) is 4.79 Å². The second kappa shape index (κ2) is 8.88. The monoisotopic (exact) mass is 328 g/mol. The van der Waals surface area contributed by atoms with Gasteiger partial charge in [0.25, 0.3) is 5.91 Å². The number of carbonyl (C=O) groups is 2. The van der Waals surface area contributed by atoms with E-state index in [0.29, 0.717) is 32.7 Å². The van der Waals surface area contributed by atoms with Gasteiger partial charge in [0.1, 0.15) is 0 Å². The summed E-state index contributed by atoms with van der Waals surface area (Å²) in [7, 11) is 0. The molecule has 0 fully saturated rings. The highest BCUT2D eigenvalue weighted by Gasteiger charge is 2.29. The average molecular weight is 328 g/mol. The molecule has 1 rings (SSSR count). The lowest BCUT2D eigenvalue weighted by molar-refractivity contribution is -0.203. The summed E-state index contributed by atoms with van der Waals surface area (Å²) in [6.45, 7) is 10.9. The van der Waals surface area contributed by atoms with E-state index in [4.69, 9.17) is 14.3 Å². The molecule has 0 bridgehead atoms. The summed E-state index contributed by atoms with van der Waals surface area (Å²) >= 11 is 0. The molecule has 1 amide bonds. The van der Waals surface area contributed by atoms with Gasteiger partial charge < -0.3 is 19.6 Å². The van der Waals surface area contributed by atoms with Crippen molar-refractivity contribution in [3.05, 3.63) is 11.8 Å². The van der Waals surface area contributed by atoms with Gasteiger partial charge in [-0.1, -0.05) is 0 Å². The fourth-order valence-corrected chi connectivity index (χ4v) is 1.84. The smallest absolute Gasteiger partial charge is 0.337 e. The second-order valence-electron chi connectivity index (χ2n) is 6.21. The van der Waals surface area contributed by atoms with Gasteiger partial charge >= 0.3 is 5.97 Å². The molecule has 1 aliphatic rings. The molecular formula is C16H28N2O5. The van der Waals surface area contributed by atoms with Crippen molar-refractivity contribution < 1.29 is 23.9 Å². The summed E-state index contributed by atoms with van der Waals surface area (Å²) in [5.41, 5.74) is 0.132. The first-order chi connectivity index (χ1) is 10.8. The molecule has 7 heteroatoms. The molecule has 1 aliphatic heterocycles. The van der Waals surface area contributed by atoms with Crippen LogP contribution in [0, 0.1) is 5.41 Å². The summed E-state index contributed by atoms with van der Waals surface area (Å²) in [6.07, 6.45) is 1.67. The molecule has 0 radical (unpaired) electrons. The van der Waals surface area contributed by atoms with Crippen LogP contribution in [0.15, 0.2) is 11.8 Å². The zero-order chi connectivity index (χ0) is 17.5. The van der Waals surface area contributed by atoms with Crippen LogP contribution in [0.4, 0.5) is 0 Å². The maximum atomic E-state index is 12.0. The first kappa shape index (κ1) is 19.4. The van der Waals surface area contributed by atoms with E-state index < -0.39 is 11.4 Å². The van der Waals surface area contributed by atoms with Gasteiger partial charge in [-0.05, 0) is 34.6 Å². The Morgan fingerprint density at radius 3 is 2.39 bits per heavy atom. The van der Waals surface area contributed by atoms with Gasteiger partial charge in [-0.3, -0.25) is 4.79 Å². The molecule has 1 heterocycles. The Kier molecular flexibility index (Phi) is 7.51. The first-order valence-corrected chi connectivity index (χ1v) is 7.99. The maximum Gasteiger partial charge on any atom is 0.337 e. The van der Waals surface area contributed by atoms with E-state index in [2.05, 4.69) is 5.32 Å². The van der Waals surface area contributed by atoms with Crippen molar-refractivity contribution in [2.75, 3.05) is 26.3 Å². The lowest BCUT2D eigenvalue weighted by Crippen LogP contribution is -2.41. The van der Waals surface area contributed by atoms with E-state index >= 15 is 0 Å². The van der Waals surface area contributed by atoms with E-state index in [-0.39, 0.29) is 12.2 Å². The molecule has 1 N–H and O–H groups in total. The van der Waals surface area contributed by atoms with Crippen LogP contribution < -0.4 is 5.32 Å². The molecule has 23 heavy (non-hydrogen) atoms. The molecule has 0 unspecified atom stereocenters. The number of rotatable bonds is 8. The number of carbonyl (C=O) groups excluding carboxylic acids is 2. The fraction of sp³-hybridized carbons (Fsp3) is 0.750. The van der Waals surface area contributed by atoms with Crippen molar-refractivity contribution in [1.29, 1.82) is 0 Å². The molecule has 0 spiro atoms. The van der Waals surface area contributed by atoms with Crippen molar-refractivity contribution in [3.63, 3.8) is 0 Å². The van der Waals surface area contributed by atoms with Crippen LogP contribution in [0.25, 0.3) is 0 Å². The molecule has 0 saturated heterocycles. The minimum Gasteiger partial charge on any atom is -0.383 e. The number of hydroxylamine groups is 2. The third kappa shape index (κ3) is 6.58. The Bertz CT molecular complexity index is 436. The molecule has 0 aromatic carbocycles. The fourth-order valence-electron chi connectivity index (χ4n) is 1.84. The van der Waals surface area contributed by atoms with E-state index in [1.54, 1.807) is 20.8 Å². The number of ether oxygens (including phenoxy) is 2. The Balaban J connectivity index is 2.51. The summed E-state index contributed by atoms with van der Waals surface area (Å²) in [5.74, 6) is -0.774. The summed E-state index contributed by atoms with van der Waals surface area (Å²) in [4.78, 5) is 29.0. The predicted molar refractivity (Wildman–Crippen MR) is 85.0 cm³/mol. The minimum atomic E-state index is -0.648. The van der Waals surface area contributed by atoms with Gasteiger partial charge in [0.05, 0.1) is 18.5 Å². The number of hydrogen-bond acceptors (Lipinski definition) is 6. The summed E-state index contributed by atoms with van der Waals surface area (Å²) in [6, 6.07) is 0. The highest BCUT2D eigenvalue weighted by Crippen LogP contribution is 2.18. The number of amides is 1. The van der Waals surface area contributed by atoms with Crippen LogP contribution in [0.1, 0.15) is 41.0 Å². The van der Waals surface area contributed by atoms with Crippen molar-refractivity contribution in [1.82, 2.24) is 10.4 Å². The van der Waals surface area contributed by atoms with Gasteiger partial charge in [-0.15, -0.1) is 0 Å². The van der Waals surface area contributed by atoms with Crippen LogP contribution in [0.3, 0.4) is 0 Å². The normalized spacial score (nSPS) is 15.7. The Hall–Kier alpha value is -1.60. The van der Waals surface area contributed by atoms with Gasteiger partial charge in [0.15, 0.2) is 6.29 Å². The van der Waals surface area contributed by atoms with Crippen molar-refractivity contribution >= 4 is 11.9 Å². The lowest BCUT2D eigenvalue weighted by atomic mass is 9.98. The molecule has 0 aromatic rings. The Labute approximate surface area is 137 Å². The van der Waals surface area contributed by atoms with E-state index in [1.807, 2.05) is 13.8 Å². The van der Waals surface area contributed by atoms with Crippen LogP contribution >= 0.6 is 0 Å². The molecule has 132 valence electrons. The zero-order valence-corrected chi connectivity index (χ0v) is 14.7. The van der Waals surface area contributed by atoms with E-state index in [0.717, 1.165) is 10.8 Å². The van der Waals surface area contributed by atoms with Crippen molar-refractivity contribution in [2.24, 2.45) is 5.41 Å². The SMILES string of the molecule is CCOC(CNC1=CC(=O)N(OC(=O)C(C)(C)C)CC1)OCC. The topological polar surface area (TPSA) is 77.1 Å². The maximum absolute atomic E-state index is 12.0. The molecule has 0 aliphatic carbocycles. The van der Waals surface area contributed by atoms with Gasteiger partial charge in [0.2, 0.25) is 0 Å². The van der Waals surface area contributed by atoms with E-state index in [9.17, 15) is 9.59 Å². The molecule has 0 saturated carbocycles. The highest BCUT2D eigenvalue weighted by atomic mass is 16.7. The van der Waals surface area contributed by atoms with Gasteiger partial charge in [-0.2, -0.15) is 5.06 Å². The third-order valence-electron chi connectivity index (χ3n) is 3.13. The predicted octanol–water partition coefficient (Wildman–Crippen LogP) is 1.60. The largest absolute Gasteiger partial charge is 0.383 e. The lowest BCUT2D eigenvalue weighted by Gasteiger charge is -2.28. The Morgan fingerprint density at radius 1 is 1.30 bits per heavy atom. The van der Waals surface area contributed by atoms with Crippen molar-refractivity contribution in [2.45, 2.75) is 47.3 Å². The third-order valence-corrected chi connectivity index (χ3v) is 3.13. The molecule has 0 atom stereocenters. The number of hydrogen-bond donors (Lipinski definition) is 1. The standard InChI is InChI=1S/C16H28N2O5/c1-6-21-14(22-7-2)11-17-12-8-9-18(13(19)10-12)23-15(20)16(3,4)5/h10,14,17H,6-9,11H2,1-5H3. The summed E-state index contributed by atoms with van der Waals surface area (Å²) in [5, 5.41) is 4.25. The van der Waals surface area contributed by atoms with Gasteiger partial charge in [0, 0.05) is 31.4 Å². The van der Waals surface area contributed by atoms with Crippen LogP contribution in [-0.2, 0) is 23.9 Å². The molecule has 7 nitrogen and oxygen atoms in total. The summed E-state index contributed by atoms with van der Waals surface area (Å²) < 4.78 is 10.9. The van der Waals surface area contributed by atoms with Crippen LogP contribution in [-0.4, -0.2) is 49.5 Å². The second-order valence-corrected chi connectivity index (χ2v) is 6.21. The Morgan fingerprint density at radius 2 is 1.91 bits per heavy atom.